The molecule has 1 aromatic rings. The standard InChI is InChI=1S/C16H20ClNO4/c1-11-10-18(6-7-22-11)15(19)5-4-12-8-13(17)16(21-3)14(9-12)20-2/h4-5,8-9,11H,6-7,10H2,1-3H3/b5-4+. The van der Waals surface area contributed by atoms with Gasteiger partial charge in [0.2, 0.25) is 5.91 Å². The summed E-state index contributed by atoms with van der Waals surface area (Å²) >= 11 is 6.15. The number of morpholine rings is 1. The first kappa shape index (κ1) is 16.6. The van der Waals surface area contributed by atoms with Crippen molar-refractivity contribution in [2.45, 2.75) is 13.0 Å². The van der Waals surface area contributed by atoms with Gasteiger partial charge in [-0.2, -0.15) is 0 Å². The van der Waals surface area contributed by atoms with Gasteiger partial charge in [0.25, 0.3) is 0 Å². The third-order valence-electron chi connectivity index (χ3n) is 3.43. The van der Waals surface area contributed by atoms with E-state index in [2.05, 4.69) is 0 Å². The molecule has 22 heavy (non-hydrogen) atoms. The third-order valence-corrected chi connectivity index (χ3v) is 3.71. The number of rotatable bonds is 4. The van der Waals surface area contributed by atoms with Gasteiger partial charge >= 0.3 is 0 Å². The van der Waals surface area contributed by atoms with Gasteiger partial charge in [-0.15, -0.1) is 0 Å². The number of carbonyl (C=O) groups is 1. The van der Waals surface area contributed by atoms with E-state index in [4.69, 9.17) is 25.8 Å². The molecule has 6 heteroatoms. The second-order valence-corrected chi connectivity index (χ2v) is 5.44. The molecule has 1 unspecified atom stereocenters. The number of hydrogen-bond acceptors (Lipinski definition) is 4. The third kappa shape index (κ3) is 3.93. The van der Waals surface area contributed by atoms with Crippen molar-refractivity contribution in [3.05, 3.63) is 28.8 Å². The summed E-state index contributed by atoms with van der Waals surface area (Å²) in [5.41, 5.74) is 0.775. The molecule has 2 rings (SSSR count). The van der Waals surface area contributed by atoms with E-state index in [-0.39, 0.29) is 12.0 Å². The number of hydrogen-bond donors (Lipinski definition) is 0. The molecule has 0 saturated carbocycles. The lowest BCUT2D eigenvalue weighted by molar-refractivity contribution is -0.132. The number of nitrogens with zero attached hydrogens (tertiary/aromatic N) is 1. The molecule has 0 spiro atoms. The van der Waals surface area contributed by atoms with Crippen molar-refractivity contribution in [2.75, 3.05) is 33.9 Å². The normalized spacial score (nSPS) is 18.5. The Labute approximate surface area is 135 Å². The summed E-state index contributed by atoms with van der Waals surface area (Å²) in [7, 11) is 3.07. The van der Waals surface area contributed by atoms with Crippen molar-refractivity contribution in [3.8, 4) is 11.5 Å². The van der Waals surface area contributed by atoms with Crippen LogP contribution in [-0.2, 0) is 9.53 Å². The summed E-state index contributed by atoms with van der Waals surface area (Å²) < 4.78 is 15.9. The van der Waals surface area contributed by atoms with Gasteiger partial charge in [0.15, 0.2) is 11.5 Å². The van der Waals surface area contributed by atoms with Crippen LogP contribution in [0.2, 0.25) is 5.02 Å². The molecular formula is C16H20ClNO4. The Balaban J connectivity index is 2.12. The molecular weight excluding hydrogens is 306 g/mol. The Bertz CT molecular complexity index is 574. The largest absolute Gasteiger partial charge is 0.493 e. The van der Waals surface area contributed by atoms with Crippen LogP contribution in [-0.4, -0.2) is 50.8 Å². The lowest BCUT2D eigenvalue weighted by Gasteiger charge is -2.30. The Hall–Kier alpha value is -1.72. The number of methoxy groups -OCH3 is 2. The molecule has 1 aromatic carbocycles. The smallest absolute Gasteiger partial charge is 0.246 e. The molecule has 0 aliphatic carbocycles. The summed E-state index contributed by atoms with van der Waals surface area (Å²) in [5.74, 6) is 0.970. The molecule has 0 aromatic heterocycles. The van der Waals surface area contributed by atoms with Gasteiger partial charge in [-0.05, 0) is 30.7 Å². The maximum Gasteiger partial charge on any atom is 0.246 e. The van der Waals surface area contributed by atoms with Crippen LogP contribution in [0, 0.1) is 0 Å². The number of amides is 1. The lowest BCUT2D eigenvalue weighted by atomic mass is 10.1. The minimum atomic E-state index is -0.0407. The van der Waals surface area contributed by atoms with E-state index < -0.39 is 0 Å². The lowest BCUT2D eigenvalue weighted by Crippen LogP contribution is -2.43. The monoisotopic (exact) mass is 325 g/mol. The summed E-state index contributed by atoms with van der Waals surface area (Å²) in [6, 6.07) is 3.51. The SMILES string of the molecule is COc1cc(/C=C/C(=O)N2CCOC(C)C2)cc(Cl)c1OC. The molecule has 1 atom stereocenters. The topological polar surface area (TPSA) is 48.0 Å². The van der Waals surface area contributed by atoms with E-state index in [1.807, 2.05) is 6.92 Å². The maximum absolute atomic E-state index is 12.2. The quantitative estimate of drug-likeness (QED) is 0.798. The Morgan fingerprint density at radius 2 is 2.18 bits per heavy atom. The number of ether oxygens (including phenoxy) is 3. The first-order valence-electron chi connectivity index (χ1n) is 7.05. The second kappa shape index (κ2) is 7.51. The summed E-state index contributed by atoms with van der Waals surface area (Å²) in [4.78, 5) is 13.9. The van der Waals surface area contributed by atoms with Gasteiger partial charge in [-0.3, -0.25) is 4.79 Å². The first-order valence-corrected chi connectivity index (χ1v) is 7.43. The van der Waals surface area contributed by atoms with Crippen LogP contribution in [0.25, 0.3) is 6.08 Å². The fourth-order valence-electron chi connectivity index (χ4n) is 2.33. The van der Waals surface area contributed by atoms with E-state index >= 15 is 0 Å². The van der Waals surface area contributed by atoms with Crippen molar-refractivity contribution in [1.29, 1.82) is 0 Å². The highest BCUT2D eigenvalue weighted by Gasteiger charge is 2.19. The van der Waals surface area contributed by atoms with E-state index in [1.165, 1.54) is 13.2 Å². The molecule has 1 fully saturated rings. The zero-order valence-corrected chi connectivity index (χ0v) is 13.7. The van der Waals surface area contributed by atoms with Crippen molar-refractivity contribution in [2.24, 2.45) is 0 Å². The molecule has 0 N–H and O–H groups in total. The molecule has 1 amide bonds. The molecule has 1 saturated heterocycles. The van der Waals surface area contributed by atoms with Gasteiger partial charge in [-0.1, -0.05) is 11.6 Å². The average Bonchev–Trinajstić information content (AvgIpc) is 2.51. The number of halogens is 1. The highest BCUT2D eigenvalue weighted by Crippen LogP contribution is 2.36. The number of benzene rings is 1. The van der Waals surface area contributed by atoms with Gasteiger partial charge in [-0.25, -0.2) is 0 Å². The Morgan fingerprint density at radius 3 is 2.82 bits per heavy atom. The predicted molar refractivity (Wildman–Crippen MR) is 85.6 cm³/mol. The predicted octanol–water partition coefficient (Wildman–Crippen LogP) is 2.62. The van der Waals surface area contributed by atoms with Crippen LogP contribution in [0.5, 0.6) is 11.5 Å². The Kier molecular flexibility index (Phi) is 5.69. The Morgan fingerprint density at radius 1 is 1.41 bits per heavy atom. The van der Waals surface area contributed by atoms with Gasteiger partial charge in [0.1, 0.15) is 0 Å². The highest BCUT2D eigenvalue weighted by atomic mass is 35.5. The molecule has 0 bridgehead atoms. The fraction of sp³-hybridized carbons (Fsp3) is 0.438. The van der Waals surface area contributed by atoms with E-state index in [0.29, 0.717) is 36.2 Å². The zero-order chi connectivity index (χ0) is 16.1. The zero-order valence-electron chi connectivity index (χ0n) is 13.0. The summed E-state index contributed by atoms with van der Waals surface area (Å²) in [6.07, 6.45) is 3.33. The van der Waals surface area contributed by atoms with E-state index in [0.717, 1.165) is 5.56 Å². The van der Waals surface area contributed by atoms with Gasteiger partial charge < -0.3 is 19.1 Å². The fourth-order valence-corrected chi connectivity index (χ4v) is 2.62. The van der Waals surface area contributed by atoms with Crippen LogP contribution in [0.15, 0.2) is 18.2 Å². The van der Waals surface area contributed by atoms with Crippen LogP contribution in [0.4, 0.5) is 0 Å². The molecule has 1 aliphatic rings. The van der Waals surface area contributed by atoms with Crippen LogP contribution < -0.4 is 9.47 Å². The molecule has 1 aliphatic heterocycles. The van der Waals surface area contributed by atoms with Crippen molar-refractivity contribution < 1.29 is 19.0 Å². The minimum Gasteiger partial charge on any atom is -0.493 e. The average molecular weight is 326 g/mol. The second-order valence-electron chi connectivity index (χ2n) is 5.04. The molecule has 5 nitrogen and oxygen atoms in total. The van der Waals surface area contributed by atoms with E-state index in [1.54, 1.807) is 30.2 Å². The van der Waals surface area contributed by atoms with E-state index in [9.17, 15) is 4.79 Å². The summed E-state index contributed by atoms with van der Waals surface area (Å²) in [6.45, 7) is 3.75. The van der Waals surface area contributed by atoms with Gasteiger partial charge in [0.05, 0.1) is 32.0 Å². The first-order chi connectivity index (χ1) is 10.5. The van der Waals surface area contributed by atoms with Crippen molar-refractivity contribution >= 4 is 23.6 Å². The van der Waals surface area contributed by atoms with Gasteiger partial charge in [0, 0.05) is 19.2 Å². The van der Waals surface area contributed by atoms with Crippen LogP contribution in [0.3, 0.4) is 0 Å². The van der Waals surface area contributed by atoms with Crippen LogP contribution in [0.1, 0.15) is 12.5 Å². The van der Waals surface area contributed by atoms with Crippen molar-refractivity contribution in [1.82, 2.24) is 4.90 Å². The van der Waals surface area contributed by atoms with Crippen LogP contribution >= 0.6 is 11.6 Å². The summed E-state index contributed by atoms with van der Waals surface area (Å²) in [5, 5.41) is 0.439. The highest BCUT2D eigenvalue weighted by molar-refractivity contribution is 6.32. The maximum atomic E-state index is 12.2. The molecule has 1 heterocycles. The molecule has 0 radical (unpaired) electrons. The number of carbonyl (C=O) groups excluding carboxylic acids is 1. The molecule has 120 valence electrons. The van der Waals surface area contributed by atoms with Crippen molar-refractivity contribution in [3.63, 3.8) is 0 Å². The minimum absolute atomic E-state index is 0.0407.